The third kappa shape index (κ3) is 2.44. The summed E-state index contributed by atoms with van der Waals surface area (Å²) in [5, 5.41) is 13.1. The third-order valence-electron chi connectivity index (χ3n) is 3.26. The first kappa shape index (κ1) is 11.6. The Balaban J connectivity index is 2.22. The molecule has 0 spiro atoms. The molecule has 1 aliphatic rings. The van der Waals surface area contributed by atoms with Gasteiger partial charge in [-0.25, -0.2) is 0 Å². The Kier molecular flexibility index (Phi) is 3.38. The van der Waals surface area contributed by atoms with Crippen molar-refractivity contribution in [1.82, 2.24) is 9.78 Å². The van der Waals surface area contributed by atoms with E-state index in [-0.39, 0.29) is 17.3 Å². The fourth-order valence-electron chi connectivity index (χ4n) is 2.24. The molecule has 0 aromatic carbocycles. The number of aromatic nitrogens is 2. The highest BCUT2D eigenvalue weighted by Gasteiger charge is 2.25. The van der Waals surface area contributed by atoms with Gasteiger partial charge < -0.3 is 0 Å². The van der Waals surface area contributed by atoms with Gasteiger partial charge in [-0.2, -0.15) is 10.4 Å². The minimum Gasteiger partial charge on any atom is -0.293 e. The van der Waals surface area contributed by atoms with E-state index >= 15 is 0 Å². The van der Waals surface area contributed by atoms with Gasteiger partial charge >= 0.3 is 0 Å². The number of ketones is 1. The Morgan fingerprint density at radius 2 is 2.29 bits per heavy atom. The molecule has 4 nitrogen and oxygen atoms in total. The lowest BCUT2D eigenvalue weighted by molar-refractivity contribution is -0.118. The van der Waals surface area contributed by atoms with Crippen molar-refractivity contribution in [3.63, 3.8) is 0 Å². The van der Waals surface area contributed by atoms with E-state index in [0.29, 0.717) is 0 Å². The number of nitriles is 1. The maximum absolute atomic E-state index is 12.1. The molecule has 0 bridgehead atoms. The SMILES string of the molecule is Cn1nccc1/C=C(\C#N)C(=O)C1CCCC1. The molecule has 17 heavy (non-hydrogen) atoms. The van der Waals surface area contributed by atoms with Gasteiger partial charge in [0.2, 0.25) is 0 Å². The molecule has 1 aliphatic carbocycles. The molecule has 1 aromatic rings. The van der Waals surface area contributed by atoms with Crippen LogP contribution in [0.1, 0.15) is 31.4 Å². The van der Waals surface area contributed by atoms with Crippen LogP contribution >= 0.6 is 0 Å². The number of allylic oxidation sites excluding steroid dienone is 1. The van der Waals surface area contributed by atoms with Gasteiger partial charge in [-0.1, -0.05) is 12.8 Å². The molecule has 0 N–H and O–H groups in total. The van der Waals surface area contributed by atoms with Crippen molar-refractivity contribution in [2.45, 2.75) is 25.7 Å². The lowest BCUT2D eigenvalue weighted by atomic mass is 9.96. The average Bonchev–Trinajstić information content (AvgIpc) is 2.97. The van der Waals surface area contributed by atoms with E-state index in [0.717, 1.165) is 31.4 Å². The number of aryl methyl sites for hydroxylation is 1. The molecule has 2 rings (SSSR count). The maximum Gasteiger partial charge on any atom is 0.176 e. The van der Waals surface area contributed by atoms with Gasteiger partial charge in [-0.3, -0.25) is 9.48 Å². The number of hydrogen-bond donors (Lipinski definition) is 0. The Hall–Kier alpha value is -1.89. The van der Waals surface area contributed by atoms with Crippen molar-refractivity contribution in [2.24, 2.45) is 13.0 Å². The number of carbonyl (C=O) groups is 1. The normalized spacial score (nSPS) is 17.1. The van der Waals surface area contributed by atoms with Crippen molar-refractivity contribution in [3.8, 4) is 6.07 Å². The highest BCUT2D eigenvalue weighted by molar-refractivity contribution is 6.04. The predicted molar refractivity (Wildman–Crippen MR) is 63.8 cm³/mol. The van der Waals surface area contributed by atoms with Crippen molar-refractivity contribution >= 4 is 11.9 Å². The first-order valence-electron chi connectivity index (χ1n) is 5.86. The van der Waals surface area contributed by atoms with E-state index in [1.807, 2.05) is 6.07 Å². The Morgan fingerprint density at radius 3 is 2.82 bits per heavy atom. The van der Waals surface area contributed by atoms with Gasteiger partial charge in [0, 0.05) is 19.2 Å². The molecule has 4 heteroatoms. The molecule has 0 atom stereocenters. The lowest BCUT2D eigenvalue weighted by Crippen LogP contribution is -2.12. The Labute approximate surface area is 101 Å². The summed E-state index contributed by atoms with van der Waals surface area (Å²) in [6, 6.07) is 3.81. The van der Waals surface area contributed by atoms with E-state index in [1.165, 1.54) is 0 Å². The zero-order chi connectivity index (χ0) is 12.3. The van der Waals surface area contributed by atoms with E-state index in [2.05, 4.69) is 5.10 Å². The van der Waals surface area contributed by atoms with Gasteiger partial charge in [-0.15, -0.1) is 0 Å². The molecule has 0 saturated heterocycles. The van der Waals surface area contributed by atoms with Crippen molar-refractivity contribution in [1.29, 1.82) is 5.26 Å². The van der Waals surface area contributed by atoms with Gasteiger partial charge in [-0.05, 0) is 25.0 Å². The van der Waals surface area contributed by atoms with Crippen LogP contribution in [-0.4, -0.2) is 15.6 Å². The molecular weight excluding hydrogens is 214 g/mol. The molecule has 0 amide bonds. The van der Waals surface area contributed by atoms with Crippen molar-refractivity contribution in [3.05, 3.63) is 23.5 Å². The second-order valence-corrected chi connectivity index (χ2v) is 4.40. The van der Waals surface area contributed by atoms with Crippen LogP contribution in [0.4, 0.5) is 0 Å². The summed E-state index contributed by atoms with van der Waals surface area (Å²) in [7, 11) is 1.79. The van der Waals surface area contributed by atoms with Crippen LogP contribution in [0, 0.1) is 17.2 Å². The molecule has 0 unspecified atom stereocenters. The largest absolute Gasteiger partial charge is 0.293 e. The van der Waals surface area contributed by atoms with E-state index < -0.39 is 0 Å². The highest BCUT2D eigenvalue weighted by Crippen LogP contribution is 2.28. The zero-order valence-corrected chi connectivity index (χ0v) is 9.89. The molecule has 0 aliphatic heterocycles. The predicted octanol–water partition coefficient (Wildman–Crippen LogP) is 2.09. The summed E-state index contributed by atoms with van der Waals surface area (Å²) in [6.45, 7) is 0. The molecule has 0 radical (unpaired) electrons. The van der Waals surface area contributed by atoms with Crippen LogP contribution in [0.3, 0.4) is 0 Å². The van der Waals surface area contributed by atoms with Crippen LogP contribution in [-0.2, 0) is 11.8 Å². The summed E-state index contributed by atoms with van der Waals surface area (Å²) in [5.74, 6) is 0.0420. The van der Waals surface area contributed by atoms with E-state index in [1.54, 1.807) is 30.1 Å². The number of nitrogens with zero attached hydrogens (tertiary/aromatic N) is 3. The van der Waals surface area contributed by atoms with E-state index in [4.69, 9.17) is 5.26 Å². The monoisotopic (exact) mass is 229 g/mol. The highest BCUT2D eigenvalue weighted by atomic mass is 16.1. The van der Waals surface area contributed by atoms with Crippen LogP contribution in [0.15, 0.2) is 17.8 Å². The fraction of sp³-hybridized carbons (Fsp3) is 0.462. The van der Waals surface area contributed by atoms with Crippen LogP contribution in [0.25, 0.3) is 6.08 Å². The van der Waals surface area contributed by atoms with Crippen molar-refractivity contribution < 1.29 is 4.79 Å². The number of hydrogen-bond acceptors (Lipinski definition) is 3. The molecule has 1 fully saturated rings. The van der Waals surface area contributed by atoms with Gasteiger partial charge in [0.15, 0.2) is 5.78 Å². The topological polar surface area (TPSA) is 58.7 Å². The van der Waals surface area contributed by atoms with Crippen LogP contribution in [0.5, 0.6) is 0 Å². The number of Topliss-reactive ketones (excluding diaryl/α,β-unsaturated/α-hetero) is 1. The third-order valence-corrected chi connectivity index (χ3v) is 3.26. The zero-order valence-electron chi connectivity index (χ0n) is 9.89. The first-order valence-corrected chi connectivity index (χ1v) is 5.86. The first-order chi connectivity index (χ1) is 8.22. The molecular formula is C13H15N3O. The standard InChI is InChI=1S/C13H15N3O/c1-16-12(6-7-15-16)8-11(9-14)13(17)10-4-2-3-5-10/h6-8,10H,2-5H2,1H3/b11-8+. The Morgan fingerprint density at radius 1 is 1.59 bits per heavy atom. The van der Waals surface area contributed by atoms with Crippen molar-refractivity contribution in [2.75, 3.05) is 0 Å². The minimum absolute atomic E-state index is 0.00815. The molecule has 1 aromatic heterocycles. The van der Waals surface area contributed by atoms with Gasteiger partial charge in [0.25, 0.3) is 0 Å². The number of carbonyl (C=O) groups excluding carboxylic acids is 1. The summed E-state index contributed by atoms with van der Waals surface area (Å²) < 4.78 is 1.65. The van der Waals surface area contributed by atoms with Crippen LogP contribution in [0.2, 0.25) is 0 Å². The fourth-order valence-corrected chi connectivity index (χ4v) is 2.24. The molecule has 1 saturated carbocycles. The van der Waals surface area contributed by atoms with Gasteiger partial charge in [0.05, 0.1) is 11.3 Å². The van der Waals surface area contributed by atoms with Gasteiger partial charge in [0.1, 0.15) is 6.07 Å². The van der Waals surface area contributed by atoms with Crippen LogP contribution < -0.4 is 0 Å². The second-order valence-electron chi connectivity index (χ2n) is 4.40. The second kappa shape index (κ2) is 4.96. The number of rotatable bonds is 3. The minimum atomic E-state index is -0.00815. The molecule has 88 valence electrons. The lowest BCUT2D eigenvalue weighted by Gasteiger charge is -2.06. The molecule has 1 heterocycles. The summed E-state index contributed by atoms with van der Waals surface area (Å²) in [5.41, 5.74) is 1.04. The maximum atomic E-state index is 12.1. The summed E-state index contributed by atoms with van der Waals surface area (Å²) in [6.07, 6.45) is 7.32. The Bertz CT molecular complexity index is 487. The quantitative estimate of drug-likeness (QED) is 0.589. The summed E-state index contributed by atoms with van der Waals surface area (Å²) >= 11 is 0. The van der Waals surface area contributed by atoms with E-state index in [9.17, 15) is 4.79 Å². The summed E-state index contributed by atoms with van der Waals surface area (Å²) in [4.78, 5) is 12.1. The smallest absolute Gasteiger partial charge is 0.176 e. The average molecular weight is 229 g/mol.